The van der Waals surface area contributed by atoms with Crippen molar-refractivity contribution in [2.24, 2.45) is 5.14 Å². The fraction of sp³-hybridized carbons (Fsp3) is 0.0952. The van der Waals surface area contributed by atoms with Crippen molar-refractivity contribution in [1.82, 2.24) is 0 Å². The largest absolute Gasteiger partial charge is 0.573 e. The topological polar surface area (TPSA) is 134 Å². The van der Waals surface area contributed by atoms with Gasteiger partial charge in [0.05, 0.1) is 7.11 Å². The van der Waals surface area contributed by atoms with Crippen LogP contribution in [0.1, 0.15) is 10.4 Å². The van der Waals surface area contributed by atoms with Crippen LogP contribution in [-0.2, 0) is 10.0 Å². The number of alkyl halides is 3. The lowest BCUT2D eigenvalue weighted by molar-refractivity contribution is -0.274. The van der Waals surface area contributed by atoms with Gasteiger partial charge in [0.2, 0.25) is 10.0 Å². The Bertz CT molecular complexity index is 1310. The highest BCUT2D eigenvalue weighted by molar-refractivity contribution is 7.89. The van der Waals surface area contributed by atoms with E-state index in [4.69, 9.17) is 15.6 Å². The van der Waals surface area contributed by atoms with Crippen molar-refractivity contribution >= 4 is 27.3 Å². The average molecular weight is 481 g/mol. The molecule has 0 aromatic heterocycles. The summed E-state index contributed by atoms with van der Waals surface area (Å²) in [6.45, 7) is 0. The van der Waals surface area contributed by atoms with Gasteiger partial charge in [-0.15, -0.1) is 13.2 Å². The number of nitrogens with one attached hydrogen (secondary N) is 1. The number of carbonyl (C=O) groups is 1. The second-order valence-electron chi connectivity index (χ2n) is 6.71. The number of sulfonamides is 1. The average Bonchev–Trinajstić information content (AvgIpc) is 2.72. The fourth-order valence-corrected chi connectivity index (χ4v) is 3.72. The van der Waals surface area contributed by atoms with E-state index in [2.05, 4.69) is 10.1 Å². The summed E-state index contributed by atoms with van der Waals surface area (Å²) >= 11 is 0. The Labute approximate surface area is 187 Å². The maximum Gasteiger partial charge on any atom is 0.573 e. The molecule has 3 aromatic carbocycles. The minimum atomic E-state index is -4.88. The Morgan fingerprint density at radius 1 is 0.970 bits per heavy atom. The number of primary sulfonamides is 1. The van der Waals surface area contributed by atoms with Crippen molar-refractivity contribution in [1.29, 1.82) is 0 Å². The number of ether oxygens (including phenoxy) is 2. The first-order chi connectivity index (χ1) is 15.4. The molecule has 3 aromatic rings. The Morgan fingerprint density at radius 3 is 2.27 bits per heavy atom. The molecule has 0 atom stereocenters. The van der Waals surface area contributed by atoms with Crippen molar-refractivity contribution in [3.8, 4) is 22.6 Å². The number of rotatable bonds is 6. The second-order valence-corrected chi connectivity index (χ2v) is 8.24. The first-order valence-electron chi connectivity index (χ1n) is 9.16. The number of hydrogen-bond acceptors (Lipinski definition) is 6. The van der Waals surface area contributed by atoms with Gasteiger partial charge in [-0.2, -0.15) is 0 Å². The van der Waals surface area contributed by atoms with Crippen molar-refractivity contribution in [3.63, 3.8) is 0 Å². The zero-order valence-corrected chi connectivity index (χ0v) is 17.8. The van der Waals surface area contributed by atoms with E-state index in [1.54, 1.807) is 0 Å². The quantitative estimate of drug-likeness (QED) is 0.459. The molecule has 0 unspecified atom stereocenters. The third-order valence-corrected chi connectivity index (χ3v) is 5.40. The number of methoxy groups -OCH3 is 1. The highest BCUT2D eigenvalue weighted by Crippen LogP contribution is 2.37. The number of nitrogens with two attached hydrogens (primary N) is 2. The normalized spacial score (nSPS) is 11.7. The molecule has 174 valence electrons. The van der Waals surface area contributed by atoms with Crippen LogP contribution in [0.3, 0.4) is 0 Å². The fourth-order valence-electron chi connectivity index (χ4n) is 3.04. The number of amides is 1. The highest BCUT2D eigenvalue weighted by atomic mass is 32.2. The minimum Gasteiger partial charge on any atom is -0.495 e. The number of halogens is 3. The van der Waals surface area contributed by atoms with Crippen molar-refractivity contribution in [2.75, 3.05) is 18.2 Å². The maximum absolute atomic E-state index is 12.7. The summed E-state index contributed by atoms with van der Waals surface area (Å²) in [5, 5.41) is 7.69. The van der Waals surface area contributed by atoms with Gasteiger partial charge in [0.25, 0.3) is 5.91 Å². The monoisotopic (exact) mass is 481 g/mol. The van der Waals surface area contributed by atoms with Crippen LogP contribution >= 0.6 is 0 Å². The number of anilines is 2. The Kier molecular flexibility index (Phi) is 6.51. The van der Waals surface area contributed by atoms with Gasteiger partial charge < -0.3 is 20.5 Å². The Morgan fingerprint density at radius 2 is 1.67 bits per heavy atom. The SMILES string of the molecule is COc1cc(C(=O)Nc2ccc(-c3ccccc3OC(F)(F)F)c(N)c2)ccc1S(N)(=O)=O. The van der Waals surface area contributed by atoms with Gasteiger partial charge in [0.1, 0.15) is 16.4 Å². The lowest BCUT2D eigenvalue weighted by atomic mass is 10.0. The van der Waals surface area contributed by atoms with Crippen LogP contribution in [0.5, 0.6) is 11.5 Å². The van der Waals surface area contributed by atoms with E-state index in [0.29, 0.717) is 0 Å². The predicted molar refractivity (Wildman–Crippen MR) is 115 cm³/mol. The minimum absolute atomic E-state index is 0.0748. The summed E-state index contributed by atoms with van der Waals surface area (Å²) < 4.78 is 70.3. The summed E-state index contributed by atoms with van der Waals surface area (Å²) in [7, 11) is -2.82. The third-order valence-electron chi connectivity index (χ3n) is 4.44. The number of carbonyl (C=O) groups excluding carboxylic acids is 1. The van der Waals surface area contributed by atoms with Crippen LogP contribution in [-0.4, -0.2) is 27.8 Å². The molecule has 1 amide bonds. The summed E-state index contributed by atoms with van der Waals surface area (Å²) in [5.74, 6) is -1.14. The van der Waals surface area contributed by atoms with Crippen LogP contribution < -0.4 is 25.7 Å². The standard InChI is InChI=1S/C21H18F3N3O5S/c1-31-18-10-12(6-9-19(18)33(26,29)30)20(28)27-13-7-8-14(16(25)11-13)15-4-2-3-5-17(15)32-21(22,23)24/h2-11H,25H2,1H3,(H,27,28)(H2,26,29,30). The molecule has 12 heteroatoms. The van der Waals surface area contributed by atoms with Gasteiger partial charge in [0.15, 0.2) is 0 Å². The molecule has 0 aliphatic heterocycles. The first-order valence-corrected chi connectivity index (χ1v) is 10.7. The van der Waals surface area contributed by atoms with Gasteiger partial charge in [-0.3, -0.25) is 4.79 Å². The van der Waals surface area contributed by atoms with E-state index in [1.165, 1.54) is 55.6 Å². The van der Waals surface area contributed by atoms with Crippen LogP contribution in [0.15, 0.2) is 65.6 Å². The smallest absolute Gasteiger partial charge is 0.495 e. The molecule has 3 rings (SSSR count). The van der Waals surface area contributed by atoms with Crippen LogP contribution in [0, 0.1) is 0 Å². The number of para-hydroxylation sites is 1. The number of hydrogen-bond donors (Lipinski definition) is 3. The number of benzene rings is 3. The Balaban J connectivity index is 1.87. The molecule has 0 aliphatic carbocycles. The molecule has 0 heterocycles. The molecule has 0 saturated heterocycles. The second kappa shape index (κ2) is 9.00. The summed E-state index contributed by atoms with van der Waals surface area (Å²) in [5.41, 5.74) is 6.83. The van der Waals surface area contributed by atoms with Crippen molar-refractivity contribution < 1.29 is 35.9 Å². The lowest BCUT2D eigenvalue weighted by Crippen LogP contribution is -2.17. The molecular formula is C21H18F3N3O5S. The van der Waals surface area contributed by atoms with Gasteiger partial charge in [-0.05, 0) is 36.4 Å². The molecule has 0 spiro atoms. The van der Waals surface area contributed by atoms with Gasteiger partial charge in [-0.1, -0.05) is 24.3 Å². The lowest BCUT2D eigenvalue weighted by Gasteiger charge is -2.15. The van der Waals surface area contributed by atoms with E-state index in [1.807, 2.05) is 0 Å². The van der Waals surface area contributed by atoms with E-state index >= 15 is 0 Å². The van der Waals surface area contributed by atoms with Crippen LogP contribution in [0.2, 0.25) is 0 Å². The molecule has 8 nitrogen and oxygen atoms in total. The van der Waals surface area contributed by atoms with E-state index in [9.17, 15) is 26.4 Å². The molecule has 5 N–H and O–H groups in total. The maximum atomic E-state index is 12.7. The molecule has 0 radical (unpaired) electrons. The van der Waals surface area contributed by atoms with Gasteiger partial charge in [-0.25, -0.2) is 13.6 Å². The molecule has 0 fully saturated rings. The summed E-state index contributed by atoms with van der Waals surface area (Å²) in [6, 6.07) is 13.4. The van der Waals surface area contributed by atoms with Crippen LogP contribution in [0.4, 0.5) is 24.5 Å². The molecule has 0 saturated carbocycles. The summed E-state index contributed by atoms with van der Waals surface area (Å²) in [6.07, 6.45) is -4.88. The molecule has 0 aliphatic rings. The third kappa shape index (κ3) is 5.73. The van der Waals surface area contributed by atoms with E-state index in [-0.39, 0.29) is 38.7 Å². The molecule has 33 heavy (non-hydrogen) atoms. The number of nitrogen functional groups attached to an aromatic ring is 1. The zero-order chi connectivity index (χ0) is 24.4. The highest BCUT2D eigenvalue weighted by Gasteiger charge is 2.32. The zero-order valence-electron chi connectivity index (χ0n) is 17.0. The van der Waals surface area contributed by atoms with Gasteiger partial charge in [0, 0.05) is 28.1 Å². The Hall–Kier alpha value is -3.77. The van der Waals surface area contributed by atoms with Crippen molar-refractivity contribution in [3.05, 3.63) is 66.2 Å². The van der Waals surface area contributed by atoms with Gasteiger partial charge >= 0.3 is 6.36 Å². The van der Waals surface area contributed by atoms with Crippen LogP contribution in [0.25, 0.3) is 11.1 Å². The summed E-state index contributed by atoms with van der Waals surface area (Å²) in [4.78, 5) is 12.3. The van der Waals surface area contributed by atoms with E-state index in [0.717, 1.165) is 12.1 Å². The first kappa shape index (κ1) is 23.9. The van der Waals surface area contributed by atoms with E-state index < -0.39 is 28.0 Å². The van der Waals surface area contributed by atoms with Crippen molar-refractivity contribution in [2.45, 2.75) is 11.3 Å². The molecule has 0 bridgehead atoms. The molecular weight excluding hydrogens is 463 g/mol. The predicted octanol–water partition coefficient (Wildman–Crippen LogP) is 3.74.